The Bertz CT molecular complexity index is 958. The number of nitrogens with one attached hydrogen (secondary N) is 1. The van der Waals surface area contributed by atoms with E-state index in [1.807, 2.05) is 6.92 Å². The summed E-state index contributed by atoms with van der Waals surface area (Å²) in [4.78, 5) is 12.6. The summed E-state index contributed by atoms with van der Waals surface area (Å²) in [6, 6.07) is 13.2. The van der Waals surface area contributed by atoms with Crippen molar-refractivity contribution in [3.8, 4) is 11.5 Å². The molecule has 7 nitrogen and oxygen atoms in total. The summed E-state index contributed by atoms with van der Waals surface area (Å²) in [5, 5.41) is 3.39. The van der Waals surface area contributed by atoms with Gasteiger partial charge in [0, 0.05) is 18.1 Å². The van der Waals surface area contributed by atoms with Crippen LogP contribution in [0.25, 0.3) is 0 Å². The highest BCUT2D eigenvalue weighted by molar-refractivity contribution is 7.89. The van der Waals surface area contributed by atoms with Gasteiger partial charge in [0.05, 0.1) is 11.4 Å². The predicted octanol–water partition coefficient (Wildman–Crippen LogP) is 3.48. The van der Waals surface area contributed by atoms with Crippen molar-refractivity contribution in [1.82, 2.24) is 9.62 Å². The molecule has 1 heterocycles. The second kappa shape index (κ2) is 10.8. The van der Waals surface area contributed by atoms with Gasteiger partial charge in [-0.3, -0.25) is 4.79 Å². The first kappa shape index (κ1) is 23.4. The lowest BCUT2D eigenvalue weighted by atomic mass is 10.2. The molecule has 0 saturated carbocycles. The minimum absolute atomic E-state index is 0.229. The largest absolute Gasteiger partial charge is 0.492 e. The third kappa shape index (κ3) is 6.35. The molecule has 3 rings (SSSR count). The maximum atomic E-state index is 12.5. The molecule has 168 valence electrons. The molecule has 0 spiro atoms. The highest BCUT2D eigenvalue weighted by atomic mass is 35.5. The van der Waals surface area contributed by atoms with Gasteiger partial charge in [-0.05, 0) is 67.8 Å². The zero-order chi connectivity index (χ0) is 22.3. The quantitative estimate of drug-likeness (QED) is 0.542. The fourth-order valence-corrected chi connectivity index (χ4v) is 4.89. The fraction of sp³-hybridized carbons (Fsp3) is 0.409. The van der Waals surface area contributed by atoms with E-state index in [1.54, 1.807) is 48.5 Å². The van der Waals surface area contributed by atoms with Crippen molar-refractivity contribution in [2.75, 3.05) is 26.2 Å². The van der Waals surface area contributed by atoms with Crippen molar-refractivity contribution in [3.63, 3.8) is 0 Å². The lowest BCUT2D eigenvalue weighted by Crippen LogP contribution is -2.39. The second-order valence-corrected chi connectivity index (χ2v) is 9.57. The van der Waals surface area contributed by atoms with Crippen molar-refractivity contribution in [1.29, 1.82) is 0 Å². The van der Waals surface area contributed by atoms with Crippen molar-refractivity contribution in [2.24, 2.45) is 0 Å². The molecule has 1 saturated heterocycles. The van der Waals surface area contributed by atoms with Gasteiger partial charge < -0.3 is 14.8 Å². The summed E-state index contributed by atoms with van der Waals surface area (Å²) in [7, 11) is -3.43. The van der Waals surface area contributed by atoms with E-state index in [0.717, 1.165) is 12.8 Å². The number of nitrogens with zero attached hydrogens (tertiary/aromatic N) is 1. The van der Waals surface area contributed by atoms with E-state index in [0.29, 0.717) is 42.6 Å². The van der Waals surface area contributed by atoms with E-state index in [1.165, 1.54) is 4.31 Å². The SMILES string of the molecule is CC[C@@H](Oc1ccc(Cl)cc1)C(=O)NCCOc1ccc(S(=O)(=O)N2CCCC2)cc1. The van der Waals surface area contributed by atoms with Crippen LogP contribution in [-0.2, 0) is 14.8 Å². The van der Waals surface area contributed by atoms with E-state index < -0.39 is 16.1 Å². The van der Waals surface area contributed by atoms with Crippen LogP contribution in [0.3, 0.4) is 0 Å². The van der Waals surface area contributed by atoms with Gasteiger partial charge in [0.1, 0.15) is 18.1 Å². The number of carbonyl (C=O) groups is 1. The number of rotatable bonds is 10. The Morgan fingerprint density at radius 1 is 1.06 bits per heavy atom. The third-order valence-electron chi connectivity index (χ3n) is 4.95. The molecule has 0 radical (unpaired) electrons. The van der Waals surface area contributed by atoms with Gasteiger partial charge >= 0.3 is 0 Å². The van der Waals surface area contributed by atoms with Gasteiger partial charge in [-0.1, -0.05) is 18.5 Å². The molecule has 1 N–H and O–H groups in total. The number of hydrogen-bond acceptors (Lipinski definition) is 5. The zero-order valence-corrected chi connectivity index (χ0v) is 19.0. The Kier molecular flexibility index (Phi) is 8.17. The third-order valence-corrected chi connectivity index (χ3v) is 7.12. The predicted molar refractivity (Wildman–Crippen MR) is 119 cm³/mol. The number of carbonyl (C=O) groups excluding carboxylic acids is 1. The molecule has 1 amide bonds. The molecule has 0 bridgehead atoms. The number of ether oxygens (including phenoxy) is 2. The van der Waals surface area contributed by atoms with Crippen LogP contribution < -0.4 is 14.8 Å². The van der Waals surface area contributed by atoms with E-state index in [-0.39, 0.29) is 17.4 Å². The number of halogens is 1. The van der Waals surface area contributed by atoms with Gasteiger partial charge in [0.25, 0.3) is 5.91 Å². The number of hydrogen-bond donors (Lipinski definition) is 1. The van der Waals surface area contributed by atoms with Crippen molar-refractivity contribution >= 4 is 27.5 Å². The summed E-state index contributed by atoms with van der Waals surface area (Å²) in [6.45, 7) is 3.56. The van der Waals surface area contributed by atoms with Crippen molar-refractivity contribution in [3.05, 3.63) is 53.6 Å². The lowest BCUT2D eigenvalue weighted by Gasteiger charge is -2.17. The summed E-state index contributed by atoms with van der Waals surface area (Å²) in [5.41, 5.74) is 0. The van der Waals surface area contributed by atoms with E-state index in [4.69, 9.17) is 21.1 Å². The second-order valence-electron chi connectivity index (χ2n) is 7.19. The van der Waals surface area contributed by atoms with Gasteiger partial charge in [0.15, 0.2) is 6.10 Å². The minimum atomic E-state index is -3.43. The Hall–Kier alpha value is -2.29. The molecule has 1 aliphatic heterocycles. The van der Waals surface area contributed by atoms with Gasteiger partial charge in [0.2, 0.25) is 10.0 Å². The average Bonchev–Trinajstić information content (AvgIpc) is 3.32. The molecule has 1 atom stereocenters. The molecule has 2 aromatic carbocycles. The van der Waals surface area contributed by atoms with Crippen LogP contribution in [0.5, 0.6) is 11.5 Å². The summed E-state index contributed by atoms with van der Waals surface area (Å²) in [5.74, 6) is 0.888. The number of benzene rings is 2. The standard InChI is InChI=1S/C22H27ClN2O5S/c1-2-21(30-19-7-5-17(23)6-8-19)22(26)24-13-16-29-18-9-11-20(12-10-18)31(27,28)25-14-3-4-15-25/h5-12,21H,2-4,13-16H2,1H3,(H,24,26)/t21-/m1/s1. The molecular formula is C22H27ClN2O5S. The van der Waals surface area contributed by atoms with E-state index in [9.17, 15) is 13.2 Å². The average molecular weight is 467 g/mol. The molecule has 0 aliphatic carbocycles. The first-order valence-corrected chi connectivity index (χ1v) is 12.1. The molecule has 1 fully saturated rings. The molecule has 0 aromatic heterocycles. The number of sulfonamides is 1. The Labute approximate surface area is 188 Å². The van der Waals surface area contributed by atoms with Crippen LogP contribution in [0.1, 0.15) is 26.2 Å². The zero-order valence-electron chi connectivity index (χ0n) is 17.4. The van der Waals surface area contributed by atoms with Crippen LogP contribution in [0.2, 0.25) is 5.02 Å². The van der Waals surface area contributed by atoms with Gasteiger partial charge in [-0.15, -0.1) is 0 Å². The maximum Gasteiger partial charge on any atom is 0.261 e. The normalized spacial score (nSPS) is 15.4. The molecular weight excluding hydrogens is 440 g/mol. The molecule has 0 unspecified atom stereocenters. The first-order chi connectivity index (χ1) is 14.9. The highest BCUT2D eigenvalue weighted by Crippen LogP contribution is 2.23. The summed E-state index contributed by atoms with van der Waals surface area (Å²) >= 11 is 5.86. The molecule has 9 heteroatoms. The fourth-order valence-electron chi connectivity index (χ4n) is 3.24. The maximum absolute atomic E-state index is 12.5. The van der Waals surface area contributed by atoms with Crippen LogP contribution in [0.15, 0.2) is 53.4 Å². The smallest absolute Gasteiger partial charge is 0.261 e. The highest BCUT2D eigenvalue weighted by Gasteiger charge is 2.27. The van der Waals surface area contributed by atoms with Crippen molar-refractivity contribution in [2.45, 2.75) is 37.2 Å². The minimum Gasteiger partial charge on any atom is -0.492 e. The lowest BCUT2D eigenvalue weighted by molar-refractivity contribution is -0.128. The first-order valence-electron chi connectivity index (χ1n) is 10.3. The number of amides is 1. The van der Waals surface area contributed by atoms with E-state index in [2.05, 4.69) is 5.32 Å². The summed E-state index contributed by atoms with van der Waals surface area (Å²) in [6.07, 6.45) is 1.70. The Balaban J connectivity index is 1.44. The summed E-state index contributed by atoms with van der Waals surface area (Å²) < 4.78 is 37.9. The van der Waals surface area contributed by atoms with Gasteiger partial charge in [-0.2, -0.15) is 4.31 Å². The molecule has 2 aromatic rings. The van der Waals surface area contributed by atoms with Crippen LogP contribution in [0, 0.1) is 0 Å². The Morgan fingerprint density at radius 2 is 1.68 bits per heavy atom. The van der Waals surface area contributed by atoms with Crippen LogP contribution in [0.4, 0.5) is 0 Å². The van der Waals surface area contributed by atoms with Crippen molar-refractivity contribution < 1.29 is 22.7 Å². The monoisotopic (exact) mass is 466 g/mol. The van der Waals surface area contributed by atoms with Crippen LogP contribution >= 0.6 is 11.6 Å². The Morgan fingerprint density at radius 3 is 2.29 bits per heavy atom. The molecule has 31 heavy (non-hydrogen) atoms. The van der Waals surface area contributed by atoms with Gasteiger partial charge in [-0.25, -0.2) is 8.42 Å². The van der Waals surface area contributed by atoms with Crippen LogP contribution in [-0.4, -0.2) is 51.0 Å². The topological polar surface area (TPSA) is 84.9 Å². The van der Waals surface area contributed by atoms with E-state index >= 15 is 0 Å². The molecule has 1 aliphatic rings.